The lowest BCUT2D eigenvalue weighted by Crippen LogP contribution is -1.68. The van der Waals surface area contributed by atoms with Crippen molar-refractivity contribution in [1.82, 2.24) is 5.16 Å². The number of rotatable bonds is 1. The molecule has 2 heteroatoms. The van der Waals surface area contributed by atoms with Crippen LogP contribution in [-0.2, 0) is 6.42 Å². The zero-order valence-corrected chi connectivity index (χ0v) is 4.85. The van der Waals surface area contributed by atoms with E-state index in [0.717, 1.165) is 11.5 Å². The van der Waals surface area contributed by atoms with E-state index in [0.29, 0.717) is 6.42 Å². The molecular formula is C6H8NO. The van der Waals surface area contributed by atoms with Crippen molar-refractivity contribution in [3.05, 3.63) is 24.4 Å². The highest BCUT2D eigenvalue weighted by Gasteiger charge is 1.93. The van der Waals surface area contributed by atoms with Crippen LogP contribution in [0, 0.1) is 13.8 Å². The molecule has 0 aliphatic carbocycles. The van der Waals surface area contributed by atoms with Crippen LogP contribution in [0.1, 0.15) is 11.5 Å². The van der Waals surface area contributed by atoms with E-state index >= 15 is 0 Å². The minimum absolute atomic E-state index is 0.681. The molecule has 1 heterocycles. The summed E-state index contributed by atoms with van der Waals surface area (Å²) < 4.78 is 4.80. The maximum absolute atomic E-state index is 4.80. The molecule has 0 unspecified atom stereocenters. The van der Waals surface area contributed by atoms with Crippen LogP contribution in [0.3, 0.4) is 0 Å². The summed E-state index contributed by atoms with van der Waals surface area (Å²) in [6.07, 6.45) is 0.681. The lowest BCUT2D eigenvalue weighted by molar-refractivity contribution is 0.386. The predicted octanol–water partition coefficient (Wildman–Crippen LogP) is 1.36. The van der Waals surface area contributed by atoms with Gasteiger partial charge in [0.05, 0.1) is 5.69 Å². The van der Waals surface area contributed by atoms with Gasteiger partial charge in [-0.2, -0.15) is 0 Å². The van der Waals surface area contributed by atoms with Gasteiger partial charge in [0.15, 0.2) is 0 Å². The minimum Gasteiger partial charge on any atom is -0.361 e. The smallest absolute Gasteiger partial charge is 0.136 e. The van der Waals surface area contributed by atoms with Gasteiger partial charge >= 0.3 is 0 Å². The molecule has 0 aromatic carbocycles. The van der Waals surface area contributed by atoms with Crippen LogP contribution in [0.4, 0.5) is 0 Å². The summed E-state index contributed by atoms with van der Waals surface area (Å²) in [4.78, 5) is 0. The van der Waals surface area contributed by atoms with Crippen LogP contribution in [0.15, 0.2) is 10.6 Å². The van der Waals surface area contributed by atoms with Crippen LogP contribution in [0.25, 0.3) is 0 Å². The summed E-state index contributed by atoms with van der Waals surface area (Å²) in [5.41, 5.74) is 0.920. The third-order valence-electron chi connectivity index (χ3n) is 0.923. The van der Waals surface area contributed by atoms with E-state index in [2.05, 4.69) is 12.1 Å². The lowest BCUT2D eigenvalue weighted by atomic mass is 10.3. The van der Waals surface area contributed by atoms with Crippen molar-refractivity contribution < 1.29 is 4.52 Å². The standard InChI is InChI=1S/C6H8NO/c1-3-6-4-5(2)7-8-6/h4H,1,3H2,2H3. The molecule has 2 nitrogen and oxygen atoms in total. The Kier molecular flexibility index (Phi) is 1.33. The highest BCUT2D eigenvalue weighted by atomic mass is 16.5. The first-order valence-corrected chi connectivity index (χ1v) is 2.54. The Bertz CT molecular complexity index is 169. The molecule has 1 radical (unpaired) electrons. The molecule has 1 rings (SSSR count). The summed E-state index contributed by atoms with van der Waals surface area (Å²) in [6.45, 7) is 5.53. The first kappa shape index (κ1) is 5.35. The highest BCUT2D eigenvalue weighted by Crippen LogP contribution is 2.00. The number of aromatic nitrogens is 1. The summed E-state index contributed by atoms with van der Waals surface area (Å²) in [6, 6.07) is 1.88. The second kappa shape index (κ2) is 1.99. The van der Waals surface area contributed by atoms with Crippen molar-refractivity contribution >= 4 is 0 Å². The van der Waals surface area contributed by atoms with Gasteiger partial charge in [0.2, 0.25) is 0 Å². The molecule has 0 aliphatic heterocycles. The largest absolute Gasteiger partial charge is 0.361 e. The number of aryl methyl sites for hydroxylation is 1. The fourth-order valence-electron chi connectivity index (χ4n) is 0.534. The molecule has 0 fully saturated rings. The van der Waals surface area contributed by atoms with Crippen LogP contribution >= 0.6 is 0 Å². The van der Waals surface area contributed by atoms with Gasteiger partial charge in [0.1, 0.15) is 5.76 Å². The van der Waals surface area contributed by atoms with Gasteiger partial charge in [-0.3, -0.25) is 0 Å². The van der Waals surface area contributed by atoms with Gasteiger partial charge in [0.25, 0.3) is 0 Å². The van der Waals surface area contributed by atoms with Gasteiger partial charge in [-0.15, -0.1) is 0 Å². The summed E-state index contributed by atoms with van der Waals surface area (Å²) in [5, 5.41) is 3.67. The van der Waals surface area contributed by atoms with Crippen molar-refractivity contribution in [1.29, 1.82) is 0 Å². The third kappa shape index (κ3) is 0.886. The Morgan fingerprint density at radius 2 is 2.62 bits per heavy atom. The Labute approximate surface area is 48.5 Å². The fourth-order valence-corrected chi connectivity index (χ4v) is 0.534. The summed E-state index contributed by atoms with van der Waals surface area (Å²) in [5.74, 6) is 0.850. The lowest BCUT2D eigenvalue weighted by Gasteiger charge is -1.76. The Balaban J connectivity index is 2.84. The van der Waals surface area contributed by atoms with Crippen molar-refractivity contribution in [2.45, 2.75) is 13.3 Å². The topological polar surface area (TPSA) is 26.0 Å². The molecule has 0 aliphatic rings. The molecular weight excluding hydrogens is 102 g/mol. The first-order chi connectivity index (χ1) is 3.83. The molecule has 0 saturated carbocycles. The molecule has 0 amide bonds. The molecule has 1 aromatic rings. The summed E-state index contributed by atoms with van der Waals surface area (Å²) >= 11 is 0. The van der Waals surface area contributed by atoms with E-state index in [4.69, 9.17) is 4.52 Å². The average Bonchev–Trinajstić information content (AvgIpc) is 2.14. The molecule has 0 bridgehead atoms. The van der Waals surface area contributed by atoms with Crippen LogP contribution in [-0.4, -0.2) is 5.16 Å². The van der Waals surface area contributed by atoms with Gasteiger partial charge in [-0.1, -0.05) is 5.16 Å². The molecule has 8 heavy (non-hydrogen) atoms. The maximum atomic E-state index is 4.80. The van der Waals surface area contributed by atoms with Crippen molar-refractivity contribution in [2.24, 2.45) is 0 Å². The van der Waals surface area contributed by atoms with E-state index in [1.165, 1.54) is 0 Å². The Morgan fingerprint density at radius 1 is 1.88 bits per heavy atom. The van der Waals surface area contributed by atoms with E-state index < -0.39 is 0 Å². The zero-order chi connectivity index (χ0) is 5.98. The van der Waals surface area contributed by atoms with Crippen molar-refractivity contribution in [3.8, 4) is 0 Å². The molecule has 0 atom stereocenters. The van der Waals surface area contributed by atoms with E-state index in [9.17, 15) is 0 Å². The fraction of sp³-hybridized carbons (Fsp3) is 0.333. The number of hydrogen-bond donors (Lipinski definition) is 0. The van der Waals surface area contributed by atoms with E-state index in [-0.39, 0.29) is 0 Å². The summed E-state index contributed by atoms with van der Waals surface area (Å²) in [7, 11) is 0. The SMILES string of the molecule is [CH2]Cc1cc(C)no1. The molecule has 1 aromatic heterocycles. The van der Waals surface area contributed by atoms with Crippen LogP contribution < -0.4 is 0 Å². The Morgan fingerprint density at radius 3 is 2.88 bits per heavy atom. The van der Waals surface area contributed by atoms with Gasteiger partial charge in [0, 0.05) is 12.5 Å². The first-order valence-electron chi connectivity index (χ1n) is 2.54. The molecule has 43 valence electrons. The second-order valence-electron chi connectivity index (χ2n) is 1.68. The quantitative estimate of drug-likeness (QED) is 0.545. The monoisotopic (exact) mass is 110 g/mol. The number of hydrogen-bond acceptors (Lipinski definition) is 2. The molecule has 0 N–H and O–H groups in total. The highest BCUT2D eigenvalue weighted by molar-refractivity contribution is 5.03. The van der Waals surface area contributed by atoms with Crippen LogP contribution in [0.5, 0.6) is 0 Å². The average molecular weight is 110 g/mol. The minimum atomic E-state index is 0.681. The predicted molar refractivity (Wildman–Crippen MR) is 30.3 cm³/mol. The van der Waals surface area contributed by atoms with Crippen molar-refractivity contribution in [2.75, 3.05) is 0 Å². The zero-order valence-electron chi connectivity index (χ0n) is 4.85. The maximum Gasteiger partial charge on any atom is 0.136 e. The second-order valence-corrected chi connectivity index (χ2v) is 1.68. The van der Waals surface area contributed by atoms with Gasteiger partial charge in [-0.05, 0) is 13.8 Å². The molecule has 0 saturated heterocycles. The van der Waals surface area contributed by atoms with Crippen molar-refractivity contribution in [3.63, 3.8) is 0 Å². The van der Waals surface area contributed by atoms with E-state index in [1.54, 1.807) is 0 Å². The normalized spacial score (nSPS) is 9.75. The third-order valence-corrected chi connectivity index (χ3v) is 0.923. The molecule has 0 spiro atoms. The van der Waals surface area contributed by atoms with Gasteiger partial charge < -0.3 is 4.52 Å². The number of nitrogens with zero attached hydrogens (tertiary/aromatic N) is 1. The van der Waals surface area contributed by atoms with Gasteiger partial charge in [-0.25, -0.2) is 0 Å². The van der Waals surface area contributed by atoms with Crippen LogP contribution in [0.2, 0.25) is 0 Å². The van der Waals surface area contributed by atoms with E-state index in [1.807, 2.05) is 13.0 Å². The Hall–Kier alpha value is -0.790.